The van der Waals surface area contributed by atoms with Crippen LogP contribution in [0.3, 0.4) is 0 Å². The molecule has 90 valence electrons. The SMILES string of the molecule is CCc1ccc(CNCC(C)(C)SC)cc1. The third-order valence-electron chi connectivity index (χ3n) is 2.86. The molecular formula is C14H23NS. The second-order valence-electron chi connectivity index (χ2n) is 4.74. The van der Waals surface area contributed by atoms with Crippen LogP contribution in [-0.4, -0.2) is 17.5 Å². The largest absolute Gasteiger partial charge is 0.311 e. The standard InChI is InChI=1S/C14H23NS/c1-5-12-6-8-13(9-7-12)10-15-11-14(2,3)16-4/h6-9,15H,5,10-11H2,1-4H3. The van der Waals surface area contributed by atoms with Gasteiger partial charge in [-0.1, -0.05) is 31.2 Å². The fraction of sp³-hybridized carbons (Fsp3) is 0.571. The molecule has 1 nitrogen and oxygen atoms in total. The van der Waals surface area contributed by atoms with Gasteiger partial charge in [0.15, 0.2) is 0 Å². The lowest BCUT2D eigenvalue weighted by molar-refractivity contribution is 0.591. The van der Waals surface area contributed by atoms with Gasteiger partial charge in [-0.25, -0.2) is 0 Å². The summed E-state index contributed by atoms with van der Waals surface area (Å²) in [6.45, 7) is 8.74. The fourth-order valence-electron chi connectivity index (χ4n) is 1.47. The molecule has 2 heteroatoms. The number of rotatable bonds is 6. The monoisotopic (exact) mass is 237 g/mol. The van der Waals surface area contributed by atoms with Crippen LogP contribution in [0.25, 0.3) is 0 Å². The Labute approximate surface area is 104 Å². The number of benzene rings is 1. The van der Waals surface area contributed by atoms with E-state index in [9.17, 15) is 0 Å². The van der Waals surface area contributed by atoms with Gasteiger partial charge in [-0.15, -0.1) is 0 Å². The highest BCUT2D eigenvalue weighted by molar-refractivity contribution is 7.99. The van der Waals surface area contributed by atoms with Crippen LogP contribution in [0.5, 0.6) is 0 Å². The van der Waals surface area contributed by atoms with Crippen molar-refractivity contribution in [2.45, 2.75) is 38.5 Å². The average molecular weight is 237 g/mol. The third kappa shape index (κ3) is 4.58. The van der Waals surface area contributed by atoms with Gasteiger partial charge >= 0.3 is 0 Å². The summed E-state index contributed by atoms with van der Waals surface area (Å²) in [6, 6.07) is 8.88. The lowest BCUT2D eigenvalue weighted by Crippen LogP contribution is -2.31. The van der Waals surface area contributed by atoms with Crippen molar-refractivity contribution >= 4 is 11.8 Å². The van der Waals surface area contributed by atoms with E-state index in [1.807, 2.05) is 11.8 Å². The summed E-state index contributed by atoms with van der Waals surface area (Å²) in [5, 5.41) is 3.51. The van der Waals surface area contributed by atoms with Crippen molar-refractivity contribution in [1.82, 2.24) is 5.32 Å². The third-order valence-corrected chi connectivity index (χ3v) is 4.11. The molecule has 0 saturated heterocycles. The fourth-order valence-corrected chi connectivity index (χ4v) is 1.72. The van der Waals surface area contributed by atoms with Crippen molar-refractivity contribution < 1.29 is 0 Å². The maximum atomic E-state index is 3.51. The Morgan fingerprint density at radius 3 is 2.19 bits per heavy atom. The summed E-state index contributed by atoms with van der Waals surface area (Å²) in [7, 11) is 0. The quantitative estimate of drug-likeness (QED) is 0.813. The van der Waals surface area contributed by atoms with E-state index in [0.717, 1.165) is 19.5 Å². The molecule has 0 aromatic heterocycles. The molecule has 0 unspecified atom stereocenters. The molecule has 0 aliphatic carbocycles. The number of nitrogens with one attached hydrogen (secondary N) is 1. The molecule has 0 saturated carbocycles. The summed E-state index contributed by atoms with van der Waals surface area (Å²) < 4.78 is 0.323. The minimum atomic E-state index is 0.323. The zero-order valence-corrected chi connectivity index (χ0v) is 11.7. The number of hydrogen-bond acceptors (Lipinski definition) is 2. The highest BCUT2D eigenvalue weighted by Gasteiger charge is 2.14. The van der Waals surface area contributed by atoms with E-state index in [0.29, 0.717) is 4.75 Å². The number of thioether (sulfide) groups is 1. The summed E-state index contributed by atoms with van der Waals surface area (Å²) >= 11 is 1.91. The van der Waals surface area contributed by atoms with E-state index in [1.165, 1.54) is 11.1 Å². The van der Waals surface area contributed by atoms with Gasteiger partial charge in [-0.05, 0) is 37.7 Å². The smallest absolute Gasteiger partial charge is 0.0225 e. The molecule has 1 aromatic carbocycles. The molecule has 0 fully saturated rings. The van der Waals surface area contributed by atoms with E-state index in [-0.39, 0.29) is 0 Å². The lowest BCUT2D eigenvalue weighted by atomic mass is 10.1. The predicted molar refractivity (Wildman–Crippen MR) is 75.1 cm³/mol. The molecule has 0 atom stereocenters. The van der Waals surface area contributed by atoms with Gasteiger partial charge in [0.05, 0.1) is 0 Å². The van der Waals surface area contributed by atoms with Gasteiger partial charge in [0.25, 0.3) is 0 Å². The molecule has 0 amide bonds. The summed E-state index contributed by atoms with van der Waals surface area (Å²) in [4.78, 5) is 0. The lowest BCUT2D eigenvalue weighted by Gasteiger charge is -2.22. The Bertz CT molecular complexity index is 303. The van der Waals surface area contributed by atoms with E-state index >= 15 is 0 Å². The van der Waals surface area contributed by atoms with Gasteiger partial charge in [-0.3, -0.25) is 0 Å². The molecule has 0 radical (unpaired) electrons. The van der Waals surface area contributed by atoms with Gasteiger partial charge in [0.1, 0.15) is 0 Å². The molecule has 0 heterocycles. The summed E-state index contributed by atoms with van der Waals surface area (Å²) in [5.74, 6) is 0. The van der Waals surface area contributed by atoms with Crippen molar-refractivity contribution in [3.05, 3.63) is 35.4 Å². The van der Waals surface area contributed by atoms with Gasteiger partial charge < -0.3 is 5.32 Å². The number of aryl methyl sites for hydroxylation is 1. The van der Waals surface area contributed by atoms with Crippen molar-refractivity contribution in [3.63, 3.8) is 0 Å². The van der Waals surface area contributed by atoms with Crippen LogP contribution < -0.4 is 5.32 Å². The first-order valence-electron chi connectivity index (χ1n) is 5.91. The molecule has 0 bridgehead atoms. The van der Waals surface area contributed by atoms with E-state index in [2.05, 4.69) is 56.6 Å². The Balaban J connectivity index is 2.37. The first-order chi connectivity index (χ1) is 7.57. The van der Waals surface area contributed by atoms with Crippen molar-refractivity contribution in [3.8, 4) is 0 Å². The first kappa shape index (κ1) is 13.6. The van der Waals surface area contributed by atoms with Crippen LogP contribution in [0.4, 0.5) is 0 Å². The topological polar surface area (TPSA) is 12.0 Å². The van der Waals surface area contributed by atoms with Crippen molar-refractivity contribution in [2.75, 3.05) is 12.8 Å². The maximum absolute atomic E-state index is 3.51. The van der Waals surface area contributed by atoms with Crippen LogP contribution in [0, 0.1) is 0 Å². The first-order valence-corrected chi connectivity index (χ1v) is 7.13. The van der Waals surface area contributed by atoms with Crippen LogP contribution >= 0.6 is 11.8 Å². The van der Waals surface area contributed by atoms with E-state index in [1.54, 1.807) is 0 Å². The molecule has 1 rings (SSSR count). The highest BCUT2D eigenvalue weighted by atomic mass is 32.2. The van der Waals surface area contributed by atoms with Crippen molar-refractivity contribution in [2.24, 2.45) is 0 Å². The second-order valence-corrected chi connectivity index (χ2v) is 6.25. The Hall–Kier alpha value is -0.470. The second kappa shape index (κ2) is 6.31. The molecule has 1 N–H and O–H groups in total. The highest BCUT2D eigenvalue weighted by Crippen LogP contribution is 2.19. The van der Waals surface area contributed by atoms with E-state index in [4.69, 9.17) is 0 Å². The minimum Gasteiger partial charge on any atom is -0.311 e. The zero-order chi connectivity index (χ0) is 12.0. The van der Waals surface area contributed by atoms with Crippen LogP contribution in [-0.2, 0) is 13.0 Å². The maximum Gasteiger partial charge on any atom is 0.0225 e. The number of hydrogen-bond donors (Lipinski definition) is 1. The molecular weight excluding hydrogens is 214 g/mol. The summed E-state index contributed by atoms with van der Waals surface area (Å²) in [6.07, 6.45) is 3.28. The Morgan fingerprint density at radius 1 is 1.12 bits per heavy atom. The van der Waals surface area contributed by atoms with Crippen LogP contribution in [0.1, 0.15) is 31.9 Å². The summed E-state index contributed by atoms with van der Waals surface area (Å²) in [5.41, 5.74) is 2.78. The average Bonchev–Trinajstić information content (AvgIpc) is 2.30. The van der Waals surface area contributed by atoms with Crippen LogP contribution in [0.2, 0.25) is 0 Å². The molecule has 0 spiro atoms. The Morgan fingerprint density at radius 2 is 1.69 bits per heavy atom. The molecule has 16 heavy (non-hydrogen) atoms. The minimum absolute atomic E-state index is 0.323. The predicted octanol–water partition coefficient (Wildman–Crippen LogP) is 3.48. The van der Waals surface area contributed by atoms with Crippen molar-refractivity contribution in [1.29, 1.82) is 0 Å². The Kier molecular flexibility index (Phi) is 5.36. The zero-order valence-electron chi connectivity index (χ0n) is 10.8. The van der Waals surface area contributed by atoms with E-state index < -0.39 is 0 Å². The molecule has 0 aliphatic heterocycles. The van der Waals surface area contributed by atoms with Gasteiger partial charge in [0.2, 0.25) is 0 Å². The normalized spacial score (nSPS) is 11.8. The van der Waals surface area contributed by atoms with Gasteiger partial charge in [0, 0.05) is 17.8 Å². The molecule has 1 aromatic rings. The van der Waals surface area contributed by atoms with Gasteiger partial charge in [-0.2, -0.15) is 11.8 Å². The molecule has 0 aliphatic rings. The van der Waals surface area contributed by atoms with Crippen LogP contribution in [0.15, 0.2) is 24.3 Å².